The summed E-state index contributed by atoms with van der Waals surface area (Å²) in [4.78, 5) is 0. The van der Waals surface area contributed by atoms with E-state index in [9.17, 15) is 0 Å². The molecule has 0 aliphatic carbocycles. The third kappa shape index (κ3) is 3.19. The molecular weight excluding hydrogens is 427 g/mol. The molecule has 0 radical (unpaired) electrons. The molecule has 4 aromatic rings. The monoisotopic (exact) mass is 446 g/mol. The smallest absolute Gasteiger partial charge is 0.0136 e. The lowest BCUT2D eigenvalue weighted by atomic mass is 10.00. The largest absolute Gasteiger partial charge is 0.0911 e. The van der Waals surface area contributed by atoms with Gasteiger partial charge in [0.25, 0.3) is 0 Å². The quantitative estimate of drug-likeness (QED) is 0.337. The molecule has 4 aromatic carbocycles. The second-order valence-electron chi connectivity index (χ2n) is 6.45. The maximum absolute atomic E-state index is 4.33. The van der Waals surface area contributed by atoms with Crippen LogP contribution in [0.1, 0.15) is 12.5 Å². The van der Waals surface area contributed by atoms with Gasteiger partial charge in [0.1, 0.15) is 0 Å². The molecule has 0 spiro atoms. The molecule has 4 rings (SSSR count). The maximum atomic E-state index is 4.33. The lowest BCUT2D eigenvalue weighted by Crippen LogP contribution is -2.24. The zero-order valence-electron chi connectivity index (χ0n) is 14.7. The predicted molar refractivity (Wildman–Crippen MR) is 124 cm³/mol. The summed E-state index contributed by atoms with van der Waals surface area (Å²) in [6.45, 7) is 6.43. The fraction of sp³-hybridized carbons (Fsp3) is 0.0400. The van der Waals surface area contributed by atoms with E-state index in [2.05, 4.69) is 121 Å². The first-order valence-corrected chi connectivity index (χ1v) is 9.78. The fourth-order valence-corrected chi connectivity index (χ4v) is 3.96. The van der Waals surface area contributed by atoms with E-state index >= 15 is 0 Å². The van der Waals surface area contributed by atoms with Crippen LogP contribution in [0.5, 0.6) is 0 Å². The van der Waals surface area contributed by atoms with Crippen molar-refractivity contribution in [3.05, 3.63) is 98.9 Å². The first-order valence-electron chi connectivity index (χ1n) is 8.70. The standard InChI is InChI=1S/C25H19I/c1-3-24-22(11-8-18-6-4-5-7-25(18)24)14-17(2)19-9-10-21-16-23(26)13-12-20(21)15-19/h3-16H,2H2,1H3/b22-14-,24-3+. The molecule has 26 heavy (non-hydrogen) atoms. The van der Waals surface area contributed by atoms with Crippen molar-refractivity contribution in [2.24, 2.45) is 0 Å². The Morgan fingerprint density at radius 1 is 0.846 bits per heavy atom. The Labute approximate surface area is 167 Å². The summed E-state index contributed by atoms with van der Waals surface area (Å²) >= 11 is 2.35. The molecule has 0 amide bonds. The van der Waals surface area contributed by atoms with E-state index in [1.54, 1.807) is 0 Å². The highest BCUT2D eigenvalue weighted by atomic mass is 127. The van der Waals surface area contributed by atoms with Gasteiger partial charge in [0.05, 0.1) is 0 Å². The van der Waals surface area contributed by atoms with Crippen molar-refractivity contribution >= 4 is 61.9 Å². The van der Waals surface area contributed by atoms with E-state index < -0.39 is 0 Å². The second kappa shape index (κ2) is 7.08. The highest BCUT2D eigenvalue weighted by Gasteiger charge is 2.01. The maximum Gasteiger partial charge on any atom is 0.0136 e. The molecule has 0 atom stereocenters. The second-order valence-corrected chi connectivity index (χ2v) is 7.70. The van der Waals surface area contributed by atoms with Crippen LogP contribution in [0, 0.1) is 3.57 Å². The third-order valence-corrected chi connectivity index (χ3v) is 5.47. The minimum atomic E-state index is 1.03. The van der Waals surface area contributed by atoms with Gasteiger partial charge >= 0.3 is 0 Å². The molecule has 0 aliphatic rings. The van der Waals surface area contributed by atoms with E-state index in [0.29, 0.717) is 0 Å². The minimum absolute atomic E-state index is 1.03. The molecule has 0 fully saturated rings. The molecule has 0 heterocycles. The van der Waals surface area contributed by atoms with Crippen molar-refractivity contribution in [1.29, 1.82) is 0 Å². The lowest BCUT2D eigenvalue weighted by Gasteiger charge is -2.05. The van der Waals surface area contributed by atoms with Gasteiger partial charge in [-0.15, -0.1) is 0 Å². The molecule has 0 saturated carbocycles. The van der Waals surface area contributed by atoms with Gasteiger partial charge in [-0.3, -0.25) is 0 Å². The summed E-state index contributed by atoms with van der Waals surface area (Å²) in [5.41, 5.74) is 2.19. The van der Waals surface area contributed by atoms with Gasteiger partial charge < -0.3 is 0 Å². The van der Waals surface area contributed by atoms with Gasteiger partial charge in [-0.25, -0.2) is 0 Å². The van der Waals surface area contributed by atoms with Crippen molar-refractivity contribution in [3.8, 4) is 0 Å². The first-order chi connectivity index (χ1) is 12.7. The number of hydrogen-bond donors (Lipinski definition) is 0. The average Bonchev–Trinajstić information content (AvgIpc) is 2.67. The fourth-order valence-electron chi connectivity index (χ4n) is 3.45. The van der Waals surface area contributed by atoms with Crippen LogP contribution in [0.15, 0.2) is 79.4 Å². The summed E-state index contributed by atoms with van der Waals surface area (Å²) in [5, 5.41) is 7.53. The topological polar surface area (TPSA) is 0 Å². The van der Waals surface area contributed by atoms with E-state index in [0.717, 1.165) is 11.1 Å². The first kappa shape index (κ1) is 17.0. The van der Waals surface area contributed by atoms with Gasteiger partial charge in [-0.1, -0.05) is 67.3 Å². The summed E-state index contributed by atoms with van der Waals surface area (Å²) in [7, 11) is 0. The minimum Gasteiger partial charge on any atom is -0.0911 e. The predicted octanol–water partition coefficient (Wildman–Crippen LogP) is 5.89. The lowest BCUT2D eigenvalue weighted by molar-refractivity contribution is 1.56. The summed E-state index contributed by atoms with van der Waals surface area (Å²) in [6.07, 6.45) is 4.37. The van der Waals surface area contributed by atoms with Crippen LogP contribution in [0.2, 0.25) is 0 Å². The summed E-state index contributed by atoms with van der Waals surface area (Å²) in [5.74, 6) is 0. The van der Waals surface area contributed by atoms with Crippen LogP contribution in [-0.2, 0) is 0 Å². The molecule has 0 aromatic heterocycles. The molecule has 0 aliphatic heterocycles. The molecule has 0 bridgehead atoms. The van der Waals surface area contributed by atoms with Crippen LogP contribution in [-0.4, -0.2) is 0 Å². The van der Waals surface area contributed by atoms with Gasteiger partial charge in [-0.05, 0) is 96.9 Å². The van der Waals surface area contributed by atoms with Gasteiger partial charge in [-0.2, -0.15) is 0 Å². The van der Waals surface area contributed by atoms with Crippen LogP contribution >= 0.6 is 22.6 Å². The number of hydrogen-bond acceptors (Lipinski definition) is 0. The molecular formula is C25H19I. The Bertz CT molecular complexity index is 1260. The van der Waals surface area contributed by atoms with Crippen LogP contribution in [0.3, 0.4) is 0 Å². The highest BCUT2D eigenvalue weighted by molar-refractivity contribution is 14.1. The zero-order valence-corrected chi connectivity index (χ0v) is 16.8. The Hall–Kier alpha value is -2.39. The van der Waals surface area contributed by atoms with Crippen molar-refractivity contribution in [3.63, 3.8) is 0 Å². The van der Waals surface area contributed by atoms with Gasteiger partial charge in [0, 0.05) is 3.57 Å². The Balaban J connectivity index is 1.85. The van der Waals surface area contributed by atoms with Crippen LogP contribution < -0.4 is 10.4 Å². The number of allylic oxidation sites excluding steroid dienone is 1. The third-order valence-electron chi connectivity index (χ3n) is 4.80. The van der Waals surface area contributed by atoms with Gasteiger partial charge in [0.15, 0.2) is 0 Å². The Morgan fingerprint density at radius 3 is 2.42 bits per heavy atom. The molecule has 126 valence electrons. The summed E-state index contributed by atoms with van der Waals surface area (Å²) < 4.78 is 1.26. The van der Waals surface area contributed by atoms with Crippen LogP contribution in [0.4, 0.5) is 0 Å². The highest BCUT2D eigenvalue weighted by Crippen LogP contribution is 2.23. The Kier molecular flexibility index (Phi) is 4.64. The number of benzene rings is 4. The van der Waals surface area contributed by atoms with Crippen molar-refractivity contribution in [2.75, 3.05) is 0 Å². The van der Waals surface area contributed by atoms with Crippen molar-refractivity contribution in [2.45, 2.75) is 6.92 Å². The van der Waals surface area contributed by atoms with Crippen molar-refractivity contribution in [1.82, 2.24) is 0 Å². The molecule has 1 heteroatoms. The summed E-state index contributed by atoms with van der Waals surface area (Å²) in [6, 6.07) is 26.0. The average molecular weight is 446 g/mol. The van der Waals surface area contributed by atoms with Crippen LogP contribution in [0.25, 0.3) is 39.3 Å². The number of halogens is 1. The van der Waals surface area contributed by atoms with E-state index in [1.165, 1.54) is 35.6 Å². The molecule has 0 nitrogen and oxygen atoms in total. The molecule has 0 unspecified atom stereocenters. The SMILES string of the molecule is C=C(/C=c1/ccc2ccccc2/c1=C/C)c1ccc2cc(I)ccc2c1. The molecule has 0 N–H and O–H groups in total. The van der Waals surface area contributed by atoms with Crippen molar-refractivity contribution < 1.29 is 0 Å². The number of fused-ring (bicyclic) bond motifs is 2. The number of rotatable bonds is 2. The van der Waals surface area contributed by atoms with E-state index in [1.807, 2.05) is 0 Å². The normalized spacial score (nSPS) is 12.8. The zero-order chi connectivity index (χ0) is 18.1. The Morgan fingerprint density at radius 2 is 1.58 bits per heavy atom. The van der Waals surface area contributed by atoms with Gasteiger partial charge in [0.2, 0.25) is 0 Å². The molecule has 0 saturated heterocycles. The van der Waals surface area contributed by atoms with E-state index in [-0.39, 0.29) is 0 Å². The van der Waals surface area contributed by atoms with E-state index in [4.69, 9.17) is 0 Å².